The van der Waals surface area contributed by atoms with Gasteiger partial charge in [0.15, 0.2) is 5.17 Å². The second kappa shape index (κ2) is 4.53. The van der Waals surface area contributed by atoms with E-state index in [0.29, 0.717) is 5.17 Å². The van der Waals surface area contributed by atoms with Gasteiger partial charge in [-0.05, 0) is 24.6 Å². The van der Waals surface area contributed by atoms with E-state index < -0.39 is 4.87 Å². The Bertz CT molecular complexity index is 501. The molecule has 0 saturated heterocycles. The predicted molar refractivity (Wildman–Crippen MR) is 72.1 cm³/mol. The van der Waals surface area contributed by atoms with E-state index in [2.05, 4.69) is 5.10 Å². The molecule has 1 aliphatic heterocycles. The van der Waals surface area contributed by atoms with Gasteiger partial charge in [-0.15, -0.1) is 5.10 Å². The monoisotopic (exact) mass is 265 g/mol. The Balaban J connectivity index is 2.38. The summed E-state index contributed by atoms with van der Waals surface area (Å²) in [4.78, 5) is 11.0. The maximum atomic E-state index is 11.6. The van der Waals surface area contributed by atoms with Crippen LogP contribution in [0.3, 0.4) is 0 Å². The number of benzene rings is 1. The van der Waals surface area contributed by atoms with E-state index in [1.807, 2.05) is 31.2 Å². The van der Waals surface area contributed by atoms with Gasteiger partial charge in [0.05, 0.1) is 7.11 Å². The molecule has 96 valence electrons. The Morgan fingerprint density at radius 3 is 2.56 bits per heavy atom. The maximum absolute atomic E-state index is 11.6. The van der Waals surface area contributed by atoms with E-state index >= 15 is 0 Å². The van der Waals surface area contributed by atoms with Gasteiger partial charge in [-0.2, -0.15) is 0 Å². The number of amides is 1. The number of hydrogen-bond donors (Lipinski definition) is 1. The SMILES string of the molecule is COc1ccc([C@@]2(C)SC(N)=NN2C(C)=O)cc1. The molecule has 0 aromatic heterocycles. The molecule has 5 nitrogen and oxygen atoms in total. The van der Waals surface area contributed by atoms with Crippen molar-refractivity contribution in [3.8, 4) is 5.75 Å². The number of hydrazone groups is 1. The van der Waals surface area contributed by atoms with E-state index in [9.17, 15) is 4.79 Å². The highest BCUT2D eigenvalue weighted by molar-refractivity contribution is 8.14. The van der Waals surface area contributed by atoms with Crippen molar-refractivity contribution in [3.63, 3.8) is 0 Å². The zero-order valence-electron chi connectivity index (χ0n) is 10.5. The molecule has 6 heteroatoms. The minimum atomic E-state index is -0.595. The number of carbonyl (C=O) groups is 1. The number of hydrogen-bond acceptors (Lipinski definition) is 5. The highest BCUT2D eigenvalue weighted by atomic mass is 32.2. The Morgan fingerprint density at radius 2 is 2.06 bits per heavy atom. The molecule has 0 radical (unpaired) electrons. The lowest BCUT2D eigenvalue weighted by Gasteiger charge is -2.31. The van der Waals surface area contributed by atoms with Gasteiger partial charge in [0.1, 0.15) is 10.6 Å². The van der Waals surface area contributed by atoms with Crippen LogP contribution in [0.2, 0.25) is 0 Å². The Hall–Kier alpha value is -1.69. The minimum absolute atomic E-state index is 0.138. The lowest BCUT2D eigenvalue weighted by molar-refractivity contribution is -0.131. The van der Waals surface area contributed by atoms with Crippen LogP contribution in [0, 0.1) is 0 Å². The van der Waals surface area contributed by atoms with Gasteiger partial charge in [-0.3, -0.25) is 4.79 Å². The fourth-order valence-corrected chi connectivity index (χ4v) is 2.95. The number of carbonyl (C=O) groups excluding carboxylic acids is 1. The average Bonchev–Trinajstić information content (AvgIpc) is 2.66. The molecule has 0 fully saturated rings. The van der Waals surface area contributed by atoms with Gasteiger partial charge in [-0.1, -0.05) is 23.9 Å². The Labute approximate surface area is 110 Å². The van der Waals surface area contributed by atoms with Gasteiger partial charge in [0, 0.05) is 6.92 Å². The van der Waals surface area contributed by atoms with E-state index in [-0.39, 0.29) is 5.91 Å². The van der Waals surface area contributed by atoms with E-state index in [1.165, 1.54) is 23.7 Å². The zero-order valence-corrected chi connectivity index (χ0v) is 11.3. The highest BCUT2D eigenvalue weighted by Crippen LogP contribution is 2.44. The molecule has 1 aromatic rings. The summed E-state index contributed by atoms with van der Waals surface area (Å²) in [5, 5.41) is 5.87. The van der Waals surface area contributed by atoms with Crippen LogP contribution in [-0.2, 0) is 9.67 Å². The van der Waals surface area contributed by atoms with Crippen molar-refractivity contribution < 1.29 is 9.53 Å². The van der Waals surface area contributed by atoms with Gasteiger partial charge < -0.3 is 10.5 Å². The maximum Gasteiger partial charge on any atom is 0.241 e. The van der Waals surface area contributed by atoms with Crippen LogP contribution in [0.25, 0.3) is 0 Å². The predicted octanol–water partition coefficient (Wildman–Crippen LogP) is 1.69. The van der Waals surface area contributed by atoms with Gasteiger partial charge in [-0.25, -0.2) is 5.01 Å². The fraction of sp³-hybridized carbons (Fsp3) is 0.333. The van der Waals surface area contributed by atoms with Crippen molar-refractivity contribution in [3.05, 3.63) is 29.8 Å². The van der Waals surface area contributed by atoms with Crippen molar-refractivity contribution in [2.24, 2.45) is 10.8 Å². The van der Waals surface area contributed by atoms with Crippen LogP contribution in [-0.4, -0.2) is 23.2 Å². The normalized spacial score (nSPS) is 22.8. The Morgan fingerprint density at radius 1 is 1.44 bits per heavy atom. The molecule has 2 rings (SSSR count). The van der Waals surface area contributed by atoms with Crippen molar-refractivity contribution in [2.45, 2.75) is 18.7 Å². The standard InChI is InChI=1S/C12H15N3O2S/c1-8(16)15-12(2,18-11(13)14-15)9-4-6-10(17-3)7-5-9/h4-7H,1-3H3,(H2,13,14)/t12-/m1/s1. The number of rotatable bonds is 2. The third kappa shape index (κ3) is 2.03. The van der Waals surface area contributed by atoms with Gasteiger partial charge in [0.2, 0.25) is 5.91 Å². The number of methoxy groups -OCH3 is 1. The number of nitrogens with two attached hydrogens (primary N) is 1. The second-order valence-electron chi connectivity index (χ2n) is 4.08. The summed E-state index contributed by atoms with van der Waals surface area (Å²) < 4.78 is 5.12. The van der Waals surface area contributed by atoms with Crippen LogP contribution >= 0.6 is 11.8 Å². The van der Waals surface area contributed by atoms with Crippen LogP contribution in [0.4, 0.5) is 0 Å². The third-order valence-electron chi connectivity index (χ3n) is 2.83. The van der Waals surface area contributed by atoms with E-state index in [0.717, 1.165) is 11.3 Å². The molecular formula is C12H15N3O2S. The van der Waals surface area contributed by atoms with Crippen molar-refractivity contribution in [1.29, 1.82) is 0 Å². The quantitative estimate of drug-likeness (QED) is 0.883. The Kier molecular flexibility index (Phi) is 3.21. The number of nitrogens with zero attached hydrogens (tertiary/aromatic N) is 2. The largest absolute Gasteiger partial charge is 0.497 e. The average molecular weight is 265 g/mol. The molecule has 0 saturated carbocycles. The summed E-state index contributed by atoms with van der Waals surface area (Å²) in [5.74, 6) is 0.634. The van der Waals surface area contributed by atoms with Gasteiger partial charge in [0.25, 0.3) is 0 Å². The van der Waals surface area contributed by atoms with Crippen LogP contribution < -0.4 is 10.5 Å². The smallest absolute Gasteiger partial charge is 0.241 e. The molecule has 1 aromatic carbocycles. The van der Waals surface area contributed by atoms with Crippen LogP contribution in [0.1, 0.15) is 19.4 Å². The first kappa shape index (κ1) is 12.8. The lowest BCUT2D eigenvalue weighted by Crippen LogP contribution is -2.37. The van der Waals surface area contributed by atoms with Crippen molar-refractivity contribution in [1.82, 2.24) is 5.01 Å². The molecule has 1 aliphatic rings. The topological polar surface area (TPSA) is 67.9 Å². The first-order chi connectivity index (χ1) is 8.47. The zero-order chi connectivity index (χ0) is 13.3. The summed E-state index contributed by atoms with van der Waals surface area (Å²) >= 11 is 1.36. The van der Waals surface area contributed by atoms with Crippen LogP contribution in [0.15, 0.2) is 29.4 Å². The molecule has 0 spiro atoms. The second-order valence-corrected chi connectivity index (χ2v) is 5.50. The molecule has 1 atom stereocenters. The molecular weight excluding hydrogens is 250 g/mol. The molecule has 1 amide bonds. The molecule has 1 heterocycles. The van der Waals surface area contributed by atoms with Crippen molar-refractivity contribution >= 4 is 22.8 Å². The first-order valence-electron chi connectivity index (χ1n) is 5.46. The summed E-state index contributed by atoms with van der Waals surface area (Å²) in [6.07, 6.45) is 0. The van der Waals surface area contributed by atoms with E-state index in [4.69, 9.17) is 10.5 Å². The summed E-state index contributed by atoms with van der Waals surface area (Å²) in [6, 6.07) is 7.54. The van der Waals surface area contributed by atoms with Crippen molar-refractivity contribution in [2.75, 3.05) is 7.11 Å². The molecule has 0 unspecified atom stereocenters. The number of ether oxygens (including phenoxy) is 1. The number of thioether (sulfide) groups is 1. The van der Waals surface area contributed by atoms with E-state index in [1.54, 1.807) is 7.11 Å². The summed E-state index contributed by atoms with van der Waals surface area (Å²) in [7, 11) is 1.62. The number of amidine groups is 1. The molecule has 0 bridgehead atoms. The highest BCUT2D eigenvalue weighted by Gasteiger charge is 2.42. The first-order valence-corrected chi connectivity index (χ1v) is 6.27. The molecule has 2 N–H and O–H groups in total. The minimum Gasteiger partial charge on any atom is -0.497 e. The summed E-state index contributed by atoms with van der Waals surface area (Å²) in [6.45, 7) is 3.40. The molecule has 0 aliphatic carbocycles. The summed E-state index contributed by atoms with van der Waals surface area (Å²) in [5.41, 5.74) is 6.68. The lowest BCUT2D eigenvalue weighted by atomic mass is 10.1. The molecule has 18 heavy (non-hydrogen) atoms. The fourth-order valence-electron chi connectivity index (χ4n) is 1.91. The third-order valence-corrected chi connectivity index (χ3v) is 3.93. The van der Waals surface area contributed by atoms with Gasteiger partial charge >= 0.3 is 0 Å². The van der Waals surface area contributed by atoms with Crippen LogP contribution in [0.5, 0.6) is 5.75 Å².